The third kappa shape index (κ3) is 7.45. The molecule has 2 aromatic rings. The van der Waals surface area contributed by atoms with E-state index in [1.54, 1.807) is 20.4 Å². The lowest BCUT2D eigenvalue weighted by molar-refractivity contribution is -0.127. The lowest BCUT2D eigenvalue weighted by Gasteiger charge is -2.23. The van der Waals surface area contributed by atoms with Crippen LogP contribution in [0.1, 0.15) is 11.5 Å². The number of hydrogen-bond acceptors (Lipinski definition) is 3. The maximum Gasteiger partial charge on any atom is 0.243 e. The average Bonchev–Trinajstić information content (AvgIpc) is 3.20. The minimum atomic E-state index is -0.0503. The van der Waals surface area contributed by atoms with Crippen LogP contribution in [0.25, 0.3) is 0 Å². The second-order valence-corrected chi connectivity index (χ2v) is 6.74. The number of guanidine groups is 1. The first-order chi connectivity index (χ1) is 12.4. The number of likely N-dealkylation sites (N-methyl/N-ethyl adjacent to an activating group) is 1. The first-order valence-electron chi connectivity index (χ1n) is 8.39. The summed E-state index contributed by atoms with van der Waals surface area (Å²) >= 11 is 6.06. The van der Waals surface area contributed by atoms with E-state index < -0.39 is 0 Å². The molecule has 150 valence electrons. The number of hydrogen-bond donors (Lipinski definition) is 1. The van der Waals surface area contributed by atoms with E-state index in [9.17, 15) is 4.79 Å². The summed E-state index contributed by atoms with van der Waals surface area (Å²) in [6, 6.07) is 5.72. The van der Waals surface area contributed by atoms with Crippen molar-refractivity contribution in [2.45, 2.75) is 13.0 Å². The highest BCUT2D eigenvalue weighted by atomic mass is 127. The highest BCUT2D eigenvalue weighted by Gasteiger charge is 2.12. The fourth-order valence-corrected chi connectivity index (χ4v) is 2.66. The fourth-order valence-electron chi connectivity index (χ4n) is 2.39. The molecule has 0 spiro atoms. The summed E-state index contributed by atoms with van der Waals surface area (Å²) in [6.07, 6.45) is 4.25. The molecule has 0 radical (unpaired) electrons. The minimum Gasteiger partial charge on any atom is -0.469 e. The van der Waals surface area contributed by atoms with Crippen molar-refractivity contribution in [3.63, 3.8) is 0 Å². The van der Waals surface area contributed by atoms with E-state index in [1.165, 1.54) is 4.90 Å². The number of carbonyl (C=O) groups is 1. The maximum atomic E-state index is 11.9. The SMILES string of the molecule is CN(C)C(=O)CN=C(NCCc1ccco1)N(C)Cc1cc(Cl)cn1C.I. The van der Waals surface area contributed by atoms with Gasteiger partial charge in [0.15, 0.2) is 5.96 Å². The number of amides is 1. The molecular formula is C18H27ClIN5O2. The van der Waals surface area contributed by atoms with E-state index in [0.717, 1.165) is 17.9 Å². The normalized spacial score (nSPS) is 11.1. The average molecular weight is 508 g/mol. The Hall–Kier alpha value is -1.68. The number of halogens is 2. The van der Waals surface area contributed by atoms with Crippen molar-refractivity contribution in [2.75, 3.05) is 34.2 Å². The summed E-state index contributed by atoms with van der Waals surface area (Å²) in [6.45, 7) is 1.36. The molecule has 0 unspecified atom stereocenters. The molecule has 0 aromatic carbocycles. The molecule has 0 aliphatic rings. The molecule has 2 heterocycles. The van der Waals surface area contributed by atoms with Crippen molar-refractivity contribution >= 4 is 47.4 Å². The molecule has 1 N–H and O–H groups in total. The Morgan fingerprint density at radius 1 is 1.37 bits per heavy atom. The van der Waals surface area contributed by atoms with Gasteiger partial charge in [-0.05, 0) is 18.2 Å². The van der Waals surface area contributed by atoms with Gasteiger partial charge in [-0.3, -0.25) is 4.79 Å². The first-order valence-corrected chi connectivity index (χ1v) is 8.77. The molecule has 2 rings (SSSR count). The van der Waals surface area contributed by atoms with Crippen LogP contribution in [0, 0.1) is 0 Å². The van der Waals surface area contributed by atoms with Crippen LogP contribution < -0.4 is 5.32 Å². The van der Waals surface area contributed by atoms with Gasteiger partial charge >= 0.3 is 0 Å². The monoisotopic (exact) mass is 507 g/mol. The minimum absolute atomic E-state index is 0. The topological polar surface area (TPSA) is 66.0 Å². The standard InChI is InChI=1S/C18H26ClN5O2.HI/c1-22(2)17(25)11-21-18(20-8-7-16-6-5-9-26-16)24(4)13-15-10-14(19)12-23(15)3;/h5-6,9-10,12H,7-8,11,13H2,1-4H3,(H,20,21);1H. The Balaban J connectivity index is 0.00000364. The Labute approximate surface area is 182 Å². The highest BCUT2D eigenvalue weighted by Crippen LogP contribution is 2.14. The molecule has 0 bridgehead atoms. The van der Waals surface area contributed by atoms with Crippen molar-refractivity contribution in [3.8, 4) is 0 Å². The molecule has 9 heteroatoms. The molecule has 1 amide bonds. The molecule has 27 heavy (non-hydrogen) atoms. The smallest absolute Gasteiger partial charge is 0.243 e. The quantitative estimate of drug-likeness (QED) is 0.355. The van der Waals surface area contributed by atoms with Crippen LogP contribution in [-0.2, 0) is 24.8 Å². The number of furan rings is 1. The summed E-state index contributed by atoms with van der Waals surface area (Å²) < 4.78 is 7.32. The Morgan fingerprint density at radius 3 is 2.67 bits per heavy atom. The van der Waals surface area contributed by atoms with Gasteiger partial charge in [-0.1, -0.05) is 11.6 Å². The number of aromatic nitrogens is 1. The van der Waals surface area contributed by atoms with Gasteiger partial charge in [0, 0.05) is 53.0 Å². The van der Waals surface area contributed by atoms with Crippen LogP contribution in [0.5, 0.6) is 0 Å². The van der Waals surface area contributed by atoms with Crippen LogP contribution in [0.15, 0.2) is 40.1 Å². The molecule has 0 saturated heterocycles. The summed E-state index contributed by atoms with van der Waals surface area (Å²) in [4.78, 5) is 19.8. The fraction of sp³-hybridized carbons (Fsp3) is 0.444. The van der Waals surface area contributed by atoms with Gasteiger partial charge in [0.25, 0.3) is 0 Å². The van der Waals surface area contributed by atoms with Crippen LogP contribution in [0.3, 0.4) is 0 Å². The van der Waals surface area contributed by atoms with E-state index in [1.807, 2.05) is 48.0 Å². The van der Waals surface area contributed by atoms with Crippen LogP contribution in [0.4, 0.5) is 0 Å². The summed E-state index contributed by atoms with van der Waals surface area (Å²) in [5.74, 6) is 1.51. The van der Waals surface area contributed by atoms with Crippen LogP contribution >= 0.6 is 35.6 Å². The van der Waals surface area contributed by atoms with Crippen molar-refractivity contribution in [1.82, 2.24) is 19.7 Å². The molecule has 0 saturated carbocycles. The molecule has 0 fully saturated rings. The van der Waals surface area contributed by atoms with Crippen molar-refractivity contribution < 1.29 is 9.21 Å². The van der Waals surface area contributed by atoms with Crippen LogP contribution in [-0.4, -0.2) is 60.5 Å². The predicted octanol–water partition coefficient (Wildman–Crippen LogP) is 2.60. The van der Waals surface area contributed by atoms with Crippen LogP contribution in [0.2, 0.25) is 5.02 Å². The second-order valence-electron chi connectivity index (χ2n) is 6.30. The molecule has 0 aliphatic carbocycles. The van der Waals surface area contributed by atoms with E-state index in [2.05, 4.69) is 10.3 Å². The number of aliphatic imine (C=N–C) groups is 1. The Morgan fingerprint density at radius 2 is 2.11 bits per heavy atom. The molecular weight excluding hydrogens is 481 g/mol. The zero-order chi connectivity index (χ0) is 19.1. The van der Waals surface area contributed by atoms with Gasteiger partial charge < -0.3 is 24.1 Å². The predicted molar refractivity (Wildman–Crippen MR) is 119 cm³/mol. The summed E-state index contributed by atoms with van der Waals surface area (Å²) in [7, 11) is 7.32. The van der Waals surface area contributed by atoms with E-state index in [-0.39, 0.29) is 36.4 Å². The zero-order valence-corrected chi connectivity index (χ0v) is 19.2. The lowest BCUT2D eigenvalue weighted by Crippen LogP contribution is -2.40. The van der Waals surface area contributed by atoms with Gasteiger partial charge in [-0.2, -0.15) is 0 Å². The Bertz CT molecular complexity index is 743. The van der Waals surface area contributed by atoms with Crippen molar-refractivity contribution in [3.05, 3.63) is 47.1 Å². The van der Waals surface area contributed by atoms with E-state index in [0.29, 0.717) is 24.1 Å². The second kappa shape index (κ2) is 11.2. The number of nitrogens with one attached hydrogen (secondary N) is 1. The number of aryl methyl sites for hydroxylation is 1. The number of rotatable bonds is 7. The molecule has 0 aliphatic heterocycles. The van der Waals surface area contributed by atoms with Gasteiger partial charge in [0.1, 0.15) is 12.3 Å². The molecule has 0 atom stereocenters. The third-order valence-electron chi connectivity index (χ3n) is 3.93. The number of nitrogens with zero attached hydrogens (tertiary/aromatic N) is 4. The van der Waals surface area contributed by atoms with Gasteiger partial charge in [-0.25, -0.2) is 4.99 Å². The highest BCUT2D eigenvalue weighted by molar-refractivity contribution is 14.0. The van der Waals surface area contributed by atoms with E-state index in [4.69, 9.17) is 16.0 Å². The van der Waals surface area contributed by atoms with Gasteiger partial charge in [-0.15, -0.1) is 24.0 Å². The number of carbonyl (C=O) groups excluding carboxylic acids is 1. The molecule has 2 aromatic heterocycles. The van der Waals surface area contributed by atoms with Gasteiger partial charge in [0.05, 0.1) is 17.8 Å². The lowest BCUT2D eigenvalue weighted by atomic mass is 10.3. The Kier molecular flexibility index (Phi) is 9.71. The first kappa shape index (κ1) is 23.4. The maximum absolute atomic E-state index is 11.9. The zero-order valence-electron chi connectivity index (χ0n) is 16.1. The van der Waals surface area contributed by atoms with Crippen molar-refractivity contribution in [1.29, 1.82) is 0 Å². The van der Waals surface area contributed by atoms with Gasteiger partial charge in [0.2, 0.25) is 5.91 Å². The molecule has 7 nitrogen and oxygen atoms in total. The summed E-state index contributed by atoms with van der Waals surface area (Å²) in [5, 5.41) is 4.00. The third-order valence-corrected chi connectivity index (χ3v) is 4.14. The largest absolute Gasteiger partial charge is 0.469 e. The van der Waals surface area contributed by atoms with Crippen molar-refractivity contribution in [2.24, 2.45) is 12.0 Å². The van der Waals surface area contributed by atoms with E-state index >= 15 is 0 Å². The summed E-state index contributed by atoms with van der Waals surface area (Å²) in [5.41, 5.74) is 1.05.